The summed E-state index contributed by atoms with van der Waals surface area (Å²) in [6.45, 7) is 4.02. The minimum Gasteiger partial charge on any atom is -0.361 e. The summed E-state index contributed by atoms with van der Waals surface area (Å²) in [6.07, 6.45) is 2.56. The van der Waals surface area contributed by atoms with Gasteiger partial charge in [0.15, 0.2) is 0 Å². The van der Waals surface area contributed by atoms with Gasteiger partial charge in [0.25, 0.3) is 10.0 Å². The Kier molecular flexibility index (Phi) is 6.62. The normalized spacial score (nSPS) is 12.2. The summed E-state index contributed by atoms with van der Waals surface area (Å²) in [5.41, 5.74) is 3.64. The van der Waals surface area contributed by atoms with Gasteiger partial charge in [-0.3, -0.25) is 10.3 Å². The number of nitrogens with zero attached hydrogens (tertiary/aromatic N) is 3. The second-order valence-electron chi connectivity index (χ2n) is 7.50. The summed E-state index contributed by atoms with van der Waals surface area (Å²) in [6, 6.07) is 15.7. The molecule has 0 fully saturated rings. The lowest BCUT2D eigenvalue weighted by molar-refractivity contribution is 0.592. The maximum absolute atomic E-state index is 12.9. The minimum atomic E-state index is -3.90. The summed E-state index contributed by atoms with van der Waals surface area (Å²) in [7, 11) is -3.90. The van der Waals surface area contributed by atoms with Crippen LogP contribution in [0.2, 0.25) is 5.02 Å². The molecular weight excluding hydrogens is 460 g/mol. The first kappa shape index (κ1) is 22.8. The molecule has 170 valence electrons. The van der Waals surface area contributed by atoms with Crippen molar-refractivity contribution < 1.29 is 8.42 Å². The van der Waals surface area contributed by atoms with Gasteiger partial charge in [0.1, 0.15) is 0 Å². The van der Waals surface area contributed by atoms with Crippen LogP contribution in [0.1, 0.15) is 17.0 Å². The van der Waals surface area contributed by atoms with Gasteiger partial charge < -0.3 is 4.98 Å². The Morgan fingerprint density at radius 3 is 2.48 bits per heavy atom. The number of rotatable bonds is 6. The number of sulfonamides is 1. The standard InChI is InChI=1S/C23H23ClN6O2S/c1-15-13-16(2)28-23(27-15)29-22(30-33(31,32)19-9-7-18(24)8-10-19)25-12-11-17-14-26-21-6-4-3-5-20(17)21/h3-10,13-14,26H,11-12H2,1-2H3,(H2,25,27,28,29,30). The highest BCUT2D eigenvalue weighted by molar-refractivity contribution is 7.90. The second-order valence-corrected chi connectivity index (χ2v) is 9.62. The largest absolute Gasteiger partial charge is 0.361 e. The molecule has 4 rings (SSSR count). The van der Waals surface area contributed by atoms with Crippen LogP contribution in [0.15, 0.2) is 70.7 Å². The first-order valence-electron chi connectivity index (χ1n) is 10.3. The third-order valence-electron chi connectivity index (χ3n) is 4.89. The quantitative estimate of drug-likeness (QED) is 0.281. The van der Waals surface area contributed by atoms with Crippen molar-refractivity contribution in [3.63, 3.8) is 0 Å². The number of anilines is 1. The molecule has 4 aromatic rings. The van der Waals surface area contributed by atoms with Gasteiger partial charge in [-0.1, -0.05) is 29.8 Å². The molecule has 0 aliphatic heterocycles. The van der Waals surface area contributed by atoms with Crippen molar-refractivity contribution in [1.29, 1.82) is 0 Å². The van der Waals surface area contributed by atoms with Crippen molar-refractivity contribution in [2.75, 3.05) is 11.9 Å². The first-order chi connectivity index (χ1) is 15.8. The van der Waals surface area contributed by atoms with Crippen LogP contribution in [0.25, 0.3) is 10.9 Å². The molecule has 0 aliphatic carbocycles. The van der Waals surface area contributed by atoms with E-state index in [1.54, 1.807) is 0 Å². The summed E-state index contributed by atoms with van der Waals surface area (Å²) >= 11 is 5.89. The van der Waals surface area contributed by atoms with Crippen molar-refractivity contribution in [2.45, 2.75) is 25.2 Å². The Bertz CT molecular complexity index is 1390. The van der Waals surface area contributed by atoms with E-state index in [1.165, 1.54) is 24.3 Å². The highest BCUT2D eigenvalue weighted by Crippen LogP contribution is 2.18. The van der Waals surface area contributed by atoms with Gasteiger partial charge in [-0.05, 0) is 62.2 Å². The van der Waals surface area contributed by atoms with Gasteiger partial charge in [0.2, 0.25) is 11.9 Å². The molecule has 33 heavy (non-hydrogen) atoms. The van der Waals surface area contributed by atoms with E-state index < -0.39 is 10.0 Å². The van der Waals surface area contributed by atoms with Crippen molar-refractivity contribution in [3.05, 3.63) is 82.8 Å². The maximum Gasteiger partial charge on any atom is 0.264 e. The van der Waals surface area contributed by atoms with Crippen LogP contribution in [0.3, 0.4) is 0 Å². The molecule has 0 amide bonds. The Balaban J connectivity index is 1.59. The molecule has 10 heteroatoms. The molecule has 0 atom stereocenters. The fraction of sp³-hybridized carbons (Fsp3) is 0.174. The number of H-pyrrole nitrogens is 1. The van der Waals surface area contributed by atoms with Crippen molar-refractivity contribution >= 4 is 44.4 Å². The molecule has 0 bridgehead atoms. The van der Waals surface area contributed by atoms with Gasteiger partial charge in [-0.2, -0.15) is 0 Å². The average Bonchev–Trinajstić information content (AvgIpc) is 3.16. The maximum atomic E-state index is 12.9. The average molecular weight is 483 g/mol. The summed E-state index contributed by atoms with van der Waals surface area (Å²) in [5, 5.41) is 4.48. The summed E-state index contributed by atoms with van der Waals surface area (Å²) in [5.74, 6) is 0.298. The molecular formula is C23H23ClN6O2S. The Hall–Kier alpha value is -3.43. The number of para-hydroxylation sites is 1. The van der Waals surface area contributed by atoms with Crippen LogP contribution >= 0.6 is 11.6 Å². The molecule has 0 saturated heterocycles. The van der Waals surface area contributed by atoms with E-state index in [4.69, 9.17) is 11.6 Å². The zero-order chi connectivity index (χ0) is 23.4. The molecule has 3 N–H and O–H groups in total. The van der Waals surface area contributed by atoms with Gasteiger partial charge in [-0.15, -0.1) is 0 Å². The number of hydrogen-bond acceptors (Lipinski definition) is 5. The third kappa shape index (κ3) is 5.68. The zero-order valence-corrected chi connectivity index (χ0v) is 19.7. The van der Waals surface area contributed by atoms with Crippen LogP contribution in [-0.4, -0.2) is 35.9 Å². The van der Waals surface area contributed by atoms with Crippen molar-refractivity contribution in [1.82, 2.24) is 19.7 Å². The molecule has 2 aromatic heterocycles. The fourth-order valence-corrected chi connectivity index (χ4v) is 4.52. The van der Waals surface area contributed by atoms with Crippen LogP contribution in [0.5, 0.6) is 0 Å². The lowest BCUT2D eigenvalue weighted by Gasteiger charge is -2.13. The number of hydrogen-bond donors (Lipinski definition) is 3. The number of halogens is 1. The van der Waals surface area contributed by atoms with E-state index in [0.29, 0.717) is 18.0 Å². The summed E-state index contributed by atoms with van der Waals surface area (Å²) in [4.78, 5) is 16.4. The second kappa shape index (κ2) is 9.60. The highest BCUT2D eigenvalue weighted by atomic mass is 35.5. The molecule has 0 aliphatic rings. The van der Waals surface area contributed by atoms with Gasteiger partial charge in [0.05, 0.1) is 4.90 Å². The van der Waals surface area contributed by atoms with Crippen LogP contribution in [0.4, 0.5) is 5.95 Å². The minimum absolute atomic E-state index is 0.0368. The number of aliphatic imine (C=N–C) groups is 1. The topological polar surface area (TPSA) is 112 Å². The van der Waals surface area contributed by atoms with E-state index in [0.717, 1.165) is 27.9 Å². The molecule has 2 heterocycles. The first-order valence-corrected chi connectivity index (χ1v) is 12.1. The summed E-state index contributed by atoms with van der Waals surface area (Å²) < 4.78 is 28.4. The van der Waals surface area contributed by atoms with Crippen molar-refractivity contribution in [3.8, 4) is 0 Å². The SMILES string of the molecule is Cc1cc(C)nc(NC(=NCCc2c[nH]c3ccccc23)NS(=O)(=O)c2ccc(Cl)cc2)n1. The van der Waals surface area contributed by atoms with E-state index in [9.17, 15) is 8.42 Å². The Morgan fingerprint density at radius 1 is 1.06 bits per heavy atom. The molecule has 0 radical (unpaired) electrons. The molecule has 2 aromatic carbocycles. The number of aromatic nitrogens is 3. The predicted molar refractivity (Wildman–Crippen MR) is 131 cm³/mol. The predicted octanol–water partition coefficient (Wildman–Crippen LogP) is 4.22. The van der Waals surface area contributed by atoms with Gasteiger partial charge in [-0.25, -0.2) is 23.1 Å². The lowest BCUT2D eigenvalue weighted by atomic mass is 10.1. The molecule has 0 unspecified atom stereocenters. The Morgan fingerprint density at radius 2 is 1.76 bits per heavy atom. The molecule has 0 saturated carbocycles. The van der Waals surface area contributed by atoms with Gasteiger partial charge >= 0.3 is 0 Å². The van der Waals surface area contributed by atoms with E-state index in [-0.39, 0.29) is 16.8 Å². The Labute approximate surface area is 197 Å². The monoisotopic (exact) mass is 482 g/mol. The van der Waals surface area contributed by atoms with Crippen LogP contribution in [-0.2, 0) is 16.4 Å². The number of guanidine groups is 1. The van der Waals surface area contributed by atoms with Gasteiger partial charge in [0, 0.05) is 40.1 Å². The number of nitrogens with one attached hydrogen (secondary N) is 3. The molecule has 0 spiro atoms. The fourth-order valence-electron chi connectivity index (χ4n) is 3.41. The zero-order valence-electron chi connectivity index (χ0n) is 18.1. The molecule has 8 nitrogen and oxygen atoms in total. The lowest BCUT2D eigenvalue weighted by Crippen LogP contribution is -2.36. The smallest absolute Gasteiger partial charge is 0.264 e. The number of aromatic amines is 1. The van der Waals surface area contributed by atoms with E-state index in [2.05, 4.69) is 30.0 Å². The number of fused-ring (bicyclic) bond motifs is 1. The van der Waals surface area contributed by atoms with Crippen molar-refractivity contribution in [2.24, 2.45) is 4.99 Å². The van der Waals surface area contributed by atoms with Crippen LogP contribution in [0, 0.1) is 13.8 Å². The number of benzene rings is 2. The number of aryl methyl sites for hydroxylation is 2. The highest BCUT2D eigenvalue weighted by Gasteiger charge is 2.17. The third-order valence-corrected chi connectivity index (χ3v) is 6.50. The van der Waals surface area contributed by atoms with E-state index in [1.807, 2.05) is 50.4 Å². The van der Waals surface area contributed by atoms with E-state index >= 15 is 0 Å². The van der Waals surface area contributed by atoms with Crippen LogP contribution < -0.4 is 10.0 Å².